The molecule has 1 heterocycles. The summed E-state index contributed by atoms with van der Waals surface area (Å²) in [5.41, 5.74) is 0. The molecule has 1 rings (SSSR count). The largest absolute Gasteiger partial charge is 0.381 e. The van der Waals surface area contributed by atoms with E-state index in [1.807, 2.05) is 13.8 Å². The van der Waals surface area contributed by atoms with Crippen molar-refractivity contribution in [2.45, 2.75) is 20.0 Å². The van der Waals surface area contributed by atoms with E-state index in [1.54, 1.807) is 19.5 Å². The minimum absolute atomic E-state index is 0.00634. The molecule has 0 spiro atoms. The van der Waals surface area contributed by atoms with Crippen LogP contribution in [0, 0.1) is 5.92 Å². The van der Waals surface area contributed by atoms with Crippen molar-refractivity contribution in [3.63, 3.8) is 0 Å². The molecule has 0 saturated heterocycles. The molecule has 72 valence electrons. The molecule has 0 fully saturated rings. The first-order chi connectivity index (χ1) is 6.16. The molecule has 4 nitrogen and oxygen atoms in total. The van der Waals surface area contributed by atoms with E-state index in [-0.39, 0.29) is 17.9 Å². The molecule has 0 aliphatic rings. The Morgan fingerprint density at radius 3 is 2.69 bits per heavy atom. The summed E-state index contributed by atoms with van der Waals surface area (Å²) in [6.07, 6.45) is 4.65. The topological polar surface area (TPSA) is 44.1 Å². The number of hydrogen-bond donors (Lipinski definition) is 0. The van der Waals surface area contributed by atoms with Crippen LogP contribution in [0.3, 0.4) is 0 Å². The number of carbonyl (C=O) groups excluding carboxylic acids is 1. The van der Waals surface area contributed by atoms with Gasteiger partial charge in [0.25, 0.3) is 0 Å². The van der Waals surface area contributed by atoms with E-state index in [2.05, 4.69) is 4.98 Å². The predicted molar refractivity (Wildman–Crippen MR) is 48.5 cm³/mol. The minimum atomic E-state index is -0.154. The summed E-state index contributed by atoms with van der Waals surface area (Å²) in [5, 5.41) is 0. The van der Waals surface area contributed by atoms with Crippen LogP contribution in [0.4, 0.5) is 0 Å². The van der Waals surface area contributed by atoms with E-state index < -0.39 is 0 Å². The van der Waals surface area contributed by atoms with Crippen LogP contribution in [0.25, 0.3) is 0 Å². The molecule has 0 bridgehead atoms. The van der Waals surface area contributed by atoms with Gasteiger partial charge in [-0.1, -0.05) is 6.92 Å². The van der Waals surface area contributed by atoms with Gasteiger partial charge in [-0.25, -0.2) is 4.98 Å². The lowest BCUT2D eigenvalue weighted by molar-refractivity contribution is 0.0504. The molecule has 0 aliphatic heterocycles. The highest BCUT2D eigenvalue weighted by molar-refractivity contribution is 5.81. The second-order valence-corrected chi connectivity index (χ2v) is 3.04. The first-order valence-electron chi connectivity index (χ1n) is 4.21. The van der Waals surface area contributed by atoms with Crippen LogP contribution in [-0.2, 0) is 4.74 Å². The average Bonchev–Trinajstić information content (AvgIpc) is 2.67. The van der Waals surface area contributed by atoms with Crippen LogP contribution in [-0.4, -0.2) is 28.7 Å². The second-order valence-electron chi connectivity index (χ2n) is 3.04. The average molecular weight is 182 g/mol. The lowest BCUT2D eigenvalue weighted by atomic mass is 10.1. The summed E-state index contributed by atoms with van der Waals surface area (Å²) >= 11 is 0. The number of ether oxygens (including phenoxy) is 1. The molecule has 0 N–H and O–H groups in total. The van der Waals surface area contributed by atoms with Gasteiger partial charge < -0.3 is 4.74 Å². The number of methoxy groups -OCH3 is 1. The zero-order valence-electron chi connectivity index (χ0n) is 8.10. The van der Waals surface area contributed by atoms with Gasteiger partial charge in [0.2, 0.25) is 5.91 Å². The van der Waals surface area contributed by atoms with Crippen molar-refractivity contribution < 1.29 is 9.53 Å². The normalized spacial score (nSPS) is 15.3. The Kier molecular flexibility index (Phi) is 3.19. The zero-order valence-corrected chi connectivity index (χ0v) is 8.10. The number of carbonyl (C=O) groups is 1. The molecule has 1 aromatic rings. The summed E-state index contributed by atoms with van der Waals surface area (Å²) in [4.78, 5) is 15.5. The molecule has 0 aliphatic carbocycles. The van der Waals surface area contributed by atoms with E-state index in [9.17, 15) is 4.79 Å². The van der Waals surface area contributed by atoms with Crippen LogP contribution in [0.5, 0.6) is 0 Å². The molecule has 1 aromatic heterocycles. The molecule has 4 heteroatoms. The van der Waals surface area contributed by atoms with Crippen LogP contribution in [0.1, 0.15) is 18.6 Å². The van der Waals surface area contributed by atoms with Crippen molar-refractivity contribution in [1.82, 2.24) is 9.55 Å². The van der Waals surface area contributed by atoms with E-state index in [0.29, 0.717) is 0 Å². The molecule has 0 amide bonds. The van der Waals surface area contributed by atoms with Gasteiger partial charge in [-0.05, 0) is 6.92 Å². The van der Waals surface area contributed by atoms with Crippen molar-refractivity contribution in [3.8, 4) is 0 Å². The standard InChI is InChI=1S/C9H14N2O2/c1-7(8(2)13-3)9(12)11-5-4-10-6-11/h4-8H,1-3H3. The monoisotopic (exact) mass is 182 g/mol. The Morgan fingerprint density at radius 2 is 2.23 bits per heavy atom. The van der Waals surface area contributed by atoms with Gasteiger partial charge in [-0.3, -0.25) is 9.36 Å². The van der Waals surface area contributed by atoms with E-state index in [4.69, 9.17) is 4.74 Å². The third kappa shape index (κ3) is 2.15. The number of rotatable bonds is 3. The summed E-state index contributed by atoms with van der Waals surface area (Å²) in [7, 11) is 1.60. The highest BCUT2D eigenvalue weighted by Crippen LogP contribution is 2.08. The Hall–Kier alpha value is -1.16. The quantitative estimate of drug-likeness (QED) is 0.705. The van der Waals surface area contributed by atoms with Crippen LogP contribution < -0.4 is 0 Å². The van der Waals surface area contributed by atoms with Crippen molar-refractivity contribution in [3.05, 3.63) is 18.7 Å². The van der Waals surface area contributed by atoms with Gasteiger partial charge in [-0.2, -0.15) is 0 Å². The maximum atomic E-state index is 11.6. The Labute approximate surface area is 77.5 Å². The van der Waals surface area contributed by atoms with Crippen molar-refractivity contribution in [1.29, 1.82) is 0 Å². The third-order valence-electron chi connectivity index (χ3n) is 2.22. The molecular weight excluding hydrogens is 168 g/mol. The predicted octanol–water partition coefficient (Wildman–Crippen LogP) is 1.19. The lowest BCUT2D eigenvalue weighted by Crippen LogP contribution is -2.28. The van der Waals surface area contributed by atoms with Gasteiger partial charge in [0.05, 0.1) is 12.0 Å². The molecule has 0 radical (unpaired) electrons. The number of nitrogens with zero attached hydrogens (tertiary/aromatic N) is 2. The Morgan fingerprint density at radius 1 is 1.54 bits per heavy atom. The molecule has 2 atom stereocenters. The molecule has 13 heavy (non-hydrogen) atoms. The van der Waals surface area contributed by atoms with Gasteiger partial charge in [0.1, 0.15) is 6.33 Å². The fourth-order valence-electron chi connectivity index (χ4n) is 1.03. The first-order valence-corrected chi connectivity index (χ1v) is 4.21. The van der Waals surface area contributed by atoms with Crippen LogP contribution in [0.2, 0.25) is 0 Å². The smallest absolute Gasteiger partial charge is 0.237 e. The van der Waals surface area contributed by atoms with Crippen LogP contribution in [0.15, 0.2) is 18.7 Å². The fraction of sp³-hybridized carbons (Fsp3) is 0.556. The summed E-state index contributed by atoms with van der Waals surface area (Å²) in [6, 6.07) is 0. The highest BCUT2D eigenvalue weighted by Gasteiger charge is 2.20. The summed E-state index contributed by atoms with van der Waals surface area (Å²) in [6.45, 7) is 3.72. The minimum Gasteiger partial charge on any atom is -0.381 e. The number of hydrogen-bond acceptors (Lipinski definition) is 3. The van der Waals surface area contributed by atoms with E-state index in [0.717, 1.165) is 0 Å². The molecule has 2 unspecified atom stereocenters. The second kappa shape index (κ2) is 4.18. The van der Waals surface area contributed by atoms with E-state index >= 15 is 0 Å². The lowest BCUT2D eigenvalue weighted by Gasteiger charge is -2.16. The third-order valence-corrected chi connectivity index (χ3v) is 2.22. The Bertz CT molecular complexity index is 269. The van der Waals surface area contributed by atoms with Crippen LogP contribution >= 0.6 is 0 Å². The first kappa shape index (κ1) is 9.92. The molecular formula is C9H14N2O2. The fourth-order valence-corrected chi connectivity index (χ4v) is 1.03. The van der Waals surface area contributed by atoms with Crippen molar-refractivity contribution >= 4 is 5.91 Å². The maximum Gasteiger partial charge on any atom is 0.237 e. The summed E-state index contributed by atoms with van der Waals surface area (Å²) < 4.78 is 6.55. The molecule has 0 saturated carbocycles. The van der Waals surface area contributed by atoms with Gasteiger partial charge in [-0.15, -0.1) is 0 Å². The molecule has 0 aromatic carbocycles. The van der Waals surface area contributed by atoms with Crippen molar-refractivity contribution in [2.75, 3.05) is 7.11 Å². The maximum absolute atomic E-state index is 11.6. The number of imidazole rings is 1. The van der Waals surface area contributed by atoms with E-state index in [1.165, 1.54) is 10.9 Å². The zero-order chi connectivity index (χ0) is 9.84. The Balaban J connectivity index is 2.68. The highest BCUT2D eigenvalue weighted by atomic mass is 16.5. The van der Waals surface area contributed by atoms with Gasteiger partial charge in [0, 0.05) is 19.5 Å². The number of aromatic nitrogens is 2. The summed E-state index contributed by atoms with van der Waals surface area (Å²) in [5.74, 6) is -0.147. The SMILES string of the molecule is COC(C)C(C)C(=O)n1ccnc1. The van der Waals surface area contributed by atoms with Gasteiger partial charge in [0.15, 0.2) is 0 Å². The van der Waals surface area contributed by atoms with Gasteiger partial charge >= 0.3 is 0 Å². The van der Waals surface area contributed by atoms with Crippen molar-refractivity contribution in [2.24, 2.45) is 5.92 Å².